The van der Waals surface area contributed by atoms with E-state index in [9.17, 15) is 17.6 Å². The van der Waals surface area contributed by atoms with Crippen molar-refractivity contribution >= 4 is 12.2 Å². The van der Waals surface area contributed by atoms with Crippen LogP contribution in [0.4, 0.5) is 17.6 Å². The van der Waals surface area contributed by atoms with Gasteiger partial charge in [0.05, 0.1) is 0 Å². The van der Waals surface area contributed by atoms with Gasteiger partial charge in [0, 0.05) is 11.1 Å². The Labute approximate surface area is 193 Å². The van der Waals surface area contributed by atoms with Crippen molar-refractivity contribution in [3.05, 3.63) is 94.1 Å². The van der Waals surface area contributed by atoms with Gasteiger partial charge in [-0.1, -0.05) is 87.4 Å². The first kappa shape index (κ1) is 23.3. The molecule has 0 radical (unpaired) electrons. The standard InChI is InChI=1S/C29H28F4/c1-3-20-14-16-24(28(32)26(20)30)22-11-6-19(7-12-22)8-13-23-15-17-25(29(33)27(23)31)21-9-4-18(2)5-10-21/h6-8,11-18,21H,3-5,9-10H2,1-2H3/b13-8+. The first-order valence-corrected chi connectivity index (χ1v) is 11.6. The molecule has 0 atom stereocenters. The summed E-state index contributed by atoms with van der Waals surface area (Å²) in [6.45, 7) is 3.97. The van der Waals surface area contributed by atoms with Crippen molar-refractivity contribution in [3.63, 3.8) is 0 Å². The van der Waals surface area contributed by atoms with Crippen LogP contribution in [0.1, 0.15) is 67.7 Å². The Bertz CT molecular complexity index is 1150. The quantitative estimate of drug-likeness (QED) is 0.268. The second-order valence-corrected chi connectivity index (χ2v) is 9.04. The highest BCUT2D eigenvalue weighted by Gasteiger charge is 2.24. The van der Waals surface area contributed by atoms with E-state index in [1.807, 2.05) is 0 Å². The molecule has 1 fully saturated rings. The Kier molecular flexibility index (Phi) is 7.02. The van der Waals surface area contributed by atoms with E-state index in [4.69, 9.17) is 0 Å². The normalized spacial score (nSPS) is 18.7. The van der Waals surface area contributed by atoms with Gasteiger partial charge in [0.15, 0.2) is 23.3 Å². The largest absolute Gasteiger partial charge is 0.203 e. The van der Waals surface area contributed by atoms with E-state index in [1.165, 1.54) is 6.08 Å². The number of hydrogen-bond donors (Lipinski definition) is 0. The molecule has 0 spiro atoms. The molecule has 4 heteroatoms. The van der Waals surface area contributed by atoms with Crippen molar-refractivity contribution in [2.24, 2.45) is 5.92 Å². The van der Waals surface area contributed by atoms with Gasteiger partial charge in [-0.3, -0.25) is 0 Å². The monoisotopic (exact) mass is 452 g/mol. The molecule has 0 heterocycles. The number of halogens is 4. The average molecular weight is 453 g/mol. The van der Waals surface area contributed by atoms with E-state index in [0.29, 0.717) is 29.0 Å². The van der Waals surface area contributed by atoms with Gasteiger partial charge in [-0.25, -0.2) is 17.6 Å². The molecule has 0 aliphatic heterocycles. The second kappa shape index (κ2) is 9.94. The van der Waals surface area contributed by atoms with Crippen LogP contribution in [0.2, 0.25) is 0 Å². The lowest BCUT2D eigenvalue weighted by Crippen LogP contribution is -2.13. The van der Waals surface area contributed by atoms with Crippen LogP contribution in [0.15, 0.2) is 48.5 Å². The fourth-order valence-electron chi connectivity index (χ4n) is 4.64. The highest BCUT2D eigenvalue weighted by molar-refractivity contribution is 5.72. The van der Waals surface area contributed by atoms with Crippen LogP contribution < -0.4 is 0 Å². The van der Waals surface area contributed by atoms with E-state index in [-0.39, 0.29) is 17.0 Å². The lowest BCUT2D eigenvalue weighted by molar-refractivity contribution is 0.339. The minimum absolute atomic E-state index is 0.0814. The van der Waals surface area contributed by atoms with Gasteiger partial charge < -0.3 is 0 Å². The molecule has 0 bridgehead atoms. The Balaban J connectivity index is 1.52. The molecular formula is C29H28F4. The van der Waals surface area contributed by atoms with E-state index >= 15 is 0 Å². The number of rotatable bonds is 5. The Hall–Kier alpha value is -2.88. The summed E-state index contributed by atoms with van der Waals surface area (Å²) >= 11 is 0. The van der Waals surface area contributed by atoms with Gasteiger partial charge in [0.25, 0.3) is 0 Å². The summed E-state index contributed by atoms with van der Waals surface area (Å²) in [6.07, 6.45) is 7.52. The Morgan fingerprint density at radius 2 is 1.42 bits per heavy atom. The van der Waals surface area contributed by atoms with Gasteiger partial charge in [-0.2, -0.15) is 0 Å². The van der Waals surface area contributed by atoms with Crippen molar-refractivity contribution in [2.45, 2.75) is 51.9 Å². The molecule has 0 N–H and O–H groups in total. The maximum absolute atomic E-state index is 14.8. The summed E-state index contributed by atoms with van der Waals surface area (Å²) < 4.78 is 58.0. The predicted octanol–water partition coefficient (Wildman–Crippen LogP) is 8.94. The number of aryl methyl sites for hydroxylation is 1. The van der Waals surface area contributed by atoms with E-state index in [1.54, 1.807) is 61.5 Å². The molecule has 0 nitrogen and oxygen atoms in total. The highest BCUT2D eigenvalue weighted by Crippen LogP contribution is 2.37. The summed E-state index contributed by atoms with van der Waals surface area (Å²) in [7, 11) is 0. The van der Waals surface area contributed by atoms with Crippen LogP contribution in [0.3, 0.4) is 0 Å². The summed E-state index contributed by atoms with van der Waals surface area (Å²) in [4.78, 5) is 0. The van der Waals surface area contributed by atoms with Crippen LogP contribution in [0, 0.1) is 29.2 Å². The highest BCUT2D eigenvalue weighted by atomic mass is 19.2. The van der Waals surface area contributed by atoms with Crippen LogP contribution in [-0.2, 0) is 6.42 Å². The third kappa shape index (κ3) is 4.90. The van der Waals surface area contributed by atoms with Crippen molar-refractivity contribution in [3.8, 4) is 11.1 Å². The number of benzene rings is 3. The third-order valence-corrected chi connectivity index (χ3v) is 6.82. The molecule has 0 amide bonds. The molecule has 172 valence electrons. The lowest BCUT2D eigenvalue weighted by atomic mass is 9.79. The molecule has 3 aromatic rings. The fraction of sp³-hybridized carbons (Fsp3) is 0.310. The first-order valence-electron chi connectivity index (χ1n) is 11.6. The van der Waals surface area contributed by atoms with Gasteiger partial charge >= 0.3 is 0 Å². The van der Waals surface area contributed by atoms with Crippen molar-refractivity contribution < 1.29 is 17.6 Å². The van der Waals surface area contributed by atoms with E-state index in [2.05, 4.69) is 6.92 Å². The first-order chi connectivity index (χ1) is 15.9. The molecule has 3 aromatic carbocycles. The minimum Gasteiger partial charge on any atom is -0.203 e. The Morgan fingerprint density at radius 3 is 2.09 bits per heavy atom. The van der Waals surface area contributed by atoms with Crippen molar-refractivity contribution in [1.29, 1.82) is 0 Å². The maximum atomic E-state index is 14.8. The maximum Gasteiger partial charge on any atom is 0.166 e. The SMILES string of the molecule is CCc1ccc(-c2ccc(/C=C/c3ccc(C4CCC(C)CC4)c(F)c3F)cc2)c(F)c1F. The van der Waals surface area contributed by atoms with E-state index in [0.717, 1.165) is 31.2 Å². The molecule has 4 rings (SSSR count). The smallest absolute Gasteiger partial charge is 0.166 e. The molecule has 0 unspecified atom stereocenters. The topological polar surface area (TPSA) is 0 Å². The van der Waals surface area contributed by atoms with Crippen molar-refractivity contribution in [2.75, 3.05) is 0 Å². The van der Waals surface area contributed by atoms with Crippen LogP contribution in [-0.4, -0.2) is 0 Å². The summed E-state index contributed by atoms with van der Waals surface area (Å²) in [6, 6.07) is 13.4. The average Bonchev–Trinajstić information content (AvgIpc) is 2.83. The van der Waals surface area contributed by atoms with Crippen molar-refractivity contribution in [1.82, 2.24) is 0 Å². The zero-order valence-electron chi connectivity index (χ0n) is 19.0. The van der Waals surface area contributed by atoms with Gasteiger partial charge in [-0.15, -0.1) is 0 Å². The van der Waals surface area contributed by atoms with Gasteiger partial charge in [0.2, 0.25) is 0 Å². The summed E-state index contributed by atoms with van der Waals surface area (Å²) in [5, 5.41) is 0. The zero-order chi connectivity index (χ0) is 23.5. The molecule has 0 saturated heterocycles. The van der Waals surface area contributed by atoms with E-state index < -0.39 is 23.3 Å². The van der Waals surface area contributed by atoms with Gasteiger partial charge in [-0.05, 0) is 53.4 Å². The fourth-order valence-corrected chi connectivity index (χ4v) is 4.64. The molecule has 1 saturated carbocycles. The third-order valence-electron chi connectivity index (χ3n) is 6.82. The Morgan fingerprint density at radius 1 is 0.727 bits per heavy atom. The lowest BCUT2D eigenvalue weighted by Gasteiger charge is -2.27. The van der Waals surface area contributed by atoms with Crippen LogP contribution >= 0.6 is 0 Å². The molecule has 1 aliphatic rings. The molecule has 0 aromatic heterocycles. The predicted molar refractivity (Wildman–Crippen MR) is 127 cm³/mol. The second-order valence-electron chi connectivity index (χ2n) is 9.04. The van der Waals surface area contributed by atoms with Gasteiger partial charge in [0.1, 0.15) is 0 Å². The summed E-state index contributed by atoms with van der Waals surface area (Å²) in [5.41, 5.74) is 2.50. The summed E-state index contributed by atoms with van der Waals surface area (Å²) in [5.74, 6) is -2.52. The minimum atomic E-state index is -0.859. The zero-order valence-corrected chi connectivity index (χ0v) is 19.0. The molecule has 33 heavy (non-hydrogen) atoms. The van der Waals surface area contributed by atoms with Crippen LogP contribution in [0.25, 0.3) is 23.3 Å². The molecular weight excluding hydrogens is 424 g/mol. The molecule has 1 aliphatic carbocycles. The number of hydrogen-bond acceptors (Lipinski definition) is 0. The van der Waals surface area contributed by atoms with Crippen LogP contribution in [0.5, 0.6) is 0 Å².